The van der Waals surface area contributed by atoms with Crippen molar-refractivity contribution in [2.75, 3.05) is 13.2 Å². The third-order valence-corrected chi connectivity index (χ3v) is 4.26. The average Bonchev–Trinajstić information content (AvgIpc) is 2.52. The Morgan fingerprint density at radius 2 is 1.79 bits per heavy atom. The summed E-state index contributed by atoms with van der Waals surface area (Å²) in [6, 6.07) is -2.78. The Hall–Kier alpha value is -1.07. The minimum Gasteiger partial charge on any atom is -0.480 e. The van der Waals surface area contributed by atoms with Crippen LogP contribution < -0.4 is 10.2 Å². The van der Waals surface area contributed by atoms with Gasteiger partial charge in [-0.25, -0.2) is 10.2 Å². The molecule has 1 rings (SSSR count). The summed E-state index contributed by atoms with van der Waals surface area (Å²) < 4.78 is 99.2. The van der Waals surface area contributed by atoms with Gasteiger partial charge in [-0.2, -0.15) is 35.8 Å². The van der Waals surface area contributed by atoms with Gasteiger partial charge in [-0.05, 0) is 64.2 Å². The Kier molecular flexibility index (Phi) is 8.58. The summed E-state index contributed by atoms with van der Waals surface area (Å²) in [6.07, 6.45) is -5.91. The Labute approximate surface area is 181 Å². The number of rotatable bonds is 8. The number of carbonyl (C=O) groups is 1. The third-order valence-electron chi connectivity index (χ3n) is 2.84. The number of nitrogens with one attached hydrogen (secondary N) is 1. The van der Waals surface area contributed by atoms with Gasteiger partial charge < -0.3 is 9.47 Å². The summed E-state index contributed by atoms with van der Waals surface area (Å²) in [5.41, 5.74) is 0.477. The molecule has 158 valence electrons. The molecule has 0 amide bonds. The zero-order valence-electron chi connectivity index (χ0n) is 13.7. The molecule has 0 saturated carbocycles. The largest absolute Gasteiger partial charge is 0.480 e. The van der Waals surface area contributed by atoms with Crippen LogP contribution in [0.1, 0.15) is 12.5 Å². The molecule has 14 heteroatoms. The van der Waals surface area contributed by atoms with Crippen LogP contribution in [0.15, 0.2) is 17.2 Å². The molecule has 1 aromatic rings. The lowest BCUT2D eigenvalue weighted by molar-refractivity contribution is -0.361. The first kappa shape index (κ1) is 25.0. The monoisotopic (exact) mass is 642 g/mol. The molecule has 0 radical (unpaired) electrons. The number of benzene rings is 1. The van der Waals surface area contributed by atoms with E-state index in [4.69, 9.17) is 4.74 Å². The van der Waals surface area contributed by atoms with Crippen molar-refractivity contribution in [2.45, 2.75) is 25.1 Å². The number of esters is 1. The number of carbonyl (C=O) groups excluding carboxylic acids is 1. The Morgan fingerprint density at radius 1 is 1.18 bits per heavy atom. The number of hydrogen-bond acceptors (Lipinski definition) is 5. The van der Waals surface area contributed by atoms with Crippen molar-refractivity contribution in [3.8, 4) is 5.75 Å². The minimum atomic E-state index is -6.48. The van der Waals surface area contributed by atoms with E-state index in [1.165, 1.54) is 6.07 Å². The summed E-state index contributed by atoms with van der Waals surface area (Å²) in [5, 5.41) is 2.79. The first-order valence-corrected chi connectivity index (χ1v) is 9.28. The molecule has 0 unspecified atom stereocenters. The molecule has 5 nitrogen and oxygen atoms in total. The maximum absolute atomic E-state index is 13.2. The number of hydrazone groups is 1. The van der Waals surface area contributed by atoms with Crippen molar-refractivity contribution in [3.05, 3.63) is 24.8 Å². The van der Waals surface area contributed by atoms with Crippen molar-refractivity contribution < 1.29 is 45.0 Å². The molecule has 1 aromatic carbocycles. The van der Waals surface area contributed by atoms with E-state index >= 15 is 0 Å². The van der Waals surface area contributed by atoms with Crippen LogP contribution in [0.4, 0.5) is 30.7 Å². The predicted molar refractivity (Wildman–Crippen MR) is 101 cm³/mol. The maximum atomic E-state index is 13.2. The molecule has 28 heavy (non-hydrogen) atoms. The van der Waals surface area contributed by atoms with E-state index in [-0.39, 0.29) is 17.9 Å². The minimum absolute atomic E-state index is 0.0227. The Bertz CT molecular complexity index is 742. The standard InChI is InChI=1S/C14H11F7I2N2O3/c1-2-27-10(26)6-28-11-7(3-8(22)4-9(11)23)5-24-25-14(20,21)12(15,16)13(17,18)19/h3-5,25H,2,6H2,1H3/b24-5-. The summed E-state index contributed by atoms with van der Waals surface area (Å²) in [7, 11) is 0. The molecular formula is C14H11F7I2N2O3. The second-order valence-corrected chi connectivity index (χ2v) is 7.32. The van der Waals surface area contributed by atoms with E-state index in [9.17, 15) is 35.5 Å². The molecule has 0 heterocycles. The summed E-state index contributed by atoms with van der Waals surface area (Å²) in [4.78, 5) is 11.4. The second-order valence-electron chi connectivity index (χ2n) is 4.92. The van der Waals surface area contributed by atoms with Crippen molar-refractivity contribution in [1.29, 1.82) is 0 Å². The zero-order chi connectivity index (χ0) is 21.8. The van der Waals surface area contributed by atoms with E-state index in [0.717, 1.165) is 0 Å². The lowest BCUT2D eigenvalue weighted by atomic mass is 10.2. The van der Waals surface area contributed by atoms with Gasteiger partial charge in [-0.15, -0.1) is 0 Å². The highest BCUT2D eigenvalue weighted by atomic mass is 127. The fourth-order valence-electron chi connectivity index (χ4n) is 1.59. The molecule has 0 aliphatic rings. The average molecular weight is 642 g/mol. The topological polar surface area (TPSA) is 59.9 Å². The highest BCUT2D eigenvalue weighted by molar-refractivity contribution is 14.1. The van der Waals surface area contributed by atoms with Gasteiger partial charge in [-0.3, -0.25) is 0 Å². The van der Waals surface area contributed by atoms with Gasteiger partial charge in [0.25, 0.3) is 0 Å². The molecule has 0 bridgehead atoms. The van der Waals surface area contributed by atoms with E-state index in [1.54, 1.807) is 35.6 Å². The summed E-state index contributed by atoms with van der Waals surface area (Å²) >= 11 is 3.63. The molecule has 0 aliphatic heterocycles. The second kappa shape index (κ2) is 9.62. The fourth-order valence-corrected chi connectivity index (χ4v) is 3.64. The fraction of sp³-hybridized carbons (Fsp3) is 0.429. The van der Waals surface area contributed by atoms with E-state index in [1.807, 2.05) is 22.6 Å². The van der Waals surface area contributed by atoms with Gasteiger partial charge in [0, 0.05) is 9.13 Å². The number of alkyl halides is 7. The highest BCUT2D eigenvalue weighted by Gasteiger charge is 2.73. The Balaban J connectivity index is 3.06. The molecule has 0 aromatic heterocycles. The third kappa shape index (κ3) is 6.21. The molecule has 0 atom stereocenters. The van der Waals surface area contributed by atoms with Crippen LogP contribution in [0.5, 0.6) is 5.75 Å². The van der Waals surface area contributed by atoms with Gasteiger partial charge in [-0.1, -0.05) is 0 Å². The van der Waals surface area contributed by atoms with Gasteiger partial charge in [0.05, 0.1) is 16.4 Å². The smallest absolute Gasteiger partial charge is 0.462 e. The highest BCUT2D eigenvalue weighted by Crippen LogP contribution is 2.45. The summed E-state index contributed by atoms with van der Waals surface area (Å²) in [5.74, 6) is -7.10. The van der Waals surface area contributed by atoms with Crippen molar-refractivity contribution >= 4 is 57.4 Å². The zero-order valence-corrected chi connectivity index (χ0v) is 18.0. The van der Waals surface area contributed by atoms with Crippen molar-refractivity contribution in [3.63, 3.8) is 0 Å². The van der Waals surface area contributed by atoms with Crippen LogP contribution in [-0.2, 0) is 9.53 Å². The van der Waals surface area contributed by atoms with E-state index < -0.39 is 30.7 Å². The quantitative estimate of drug-likeness (QED) is 0.113. The van der Waals surface area contributed by atoms with Crippen LogP contribution >= 0.6 is 45.2 Å². The molecule has 0 spiro atoms. The molecule has 0 fully saturated rings. The van der Waals surface area contributed by atoms with Gasteiger partial charge >= 0.3 is 24.1 Å². The number of hydrogen-bond donors (Lipinski definition) is 1. The lowest BCUT2D eigenvalue weighted by Gasteiger charge is -2.27. The number of nitrogens with zero attached hydrogens (tertiary/aromatic N) is 1. The molecule has 0 saturated heterocycles. The van der Waals surface area contributed by atoms with Crippen molar-refractivity contribution in [2.24, 2.45) is 5.10 Å². The van der Waals surface area contributed by atoms with Crippen LogP contribution in [0, 0.1) is 7.14 Å². The summed E-state index contributed by atoms with van der Waals surface area (Å²) in [6.45, 7) is 1.11. The first-order valence-electron chi connectivity index (χ1n) is 7.13. The van der Waals surface area contributed by atoms with Crippen LogP contribution in [0.3, 0.4) is 0 Å². The lowest BCUT2D eigenvalue weighted by Crippen LogP contribution is -2.58. The van der Waals surface area contributed by atoms with Crippen LogP contribution in [-0.4, -0.2) is 43.5 Å². The van der Waals surface area contributed by atoms with Crippen LogP contribution in [0.2, 0.25) is 0 Å². The first-order chi connectivity index (χ1) is 12.7. The van der Waals surface area contributed by atoms with Gasteiger partial charge in [0.1, 0.15) is 5.75 Å². The maximum Gasteiger partial charge on any atom is 0.462 e. The predicted octanol–water partition coefficient (Wildman–Crippen LogP) is 4.55. The van der Waals surface area contributed by atoms with E-state index in [0.29, 0.717) is 18.8 Å². The van der Waals surface area contributed by atoms with Crippen LogP contribution in [0.25, 0.3) is 0 Å². The molecule has 0 aliphatic carbocycles. The van der Waals surface area contributed by atoms with E-state index in [2.05, 4.69) is 9.84 Å². The SMILES string of the molecule is CCOC(=O)COc1c(I)cc(I)cc1/C=N\NC(F)(F)C(F)(F)C(F)(F)F. The Morgan fingerprint density at radius 3 is 2.32 bits per heavy atom. The van der Waals surface area contributed by atoms with Gasteiger partial charge in [0.15, 0.2) is 6.61 Å². The number of ether oxygens (including phenoxy) is 2. The molecule has 1 N–H and O–H groups in total. The molecular weight excluding hydrogens is 631 g/mol. The number of halogens is 9. The van der Waals surface area contributed by atoms with Crippen molar-refractivity contribution in [1.82, 2.24) is 5.43 Å². The van der Waals surface area contributed by atoms with Gasteiger partial charge in [0.2, 0.25) is 0 Å². The normalized spacial score (nSPS) is 12.9.